The van der Waals surface area contributed by atoms with Gasteiger partial charge in [0.15, 0.2) is 0 Å². The van der Waals surface area contributed by atoms with Crippen molar-refractivity contribution >= 4 is 5.91 Å². The number of carbonyl (C=O) groups is 1. The molecule has 1 atom stereocenters. The van der Waals surface area contributed by atoms with E-state index < -0.39 is 0 Å². The van der Waals surface area contributed by atoms with Gasteiger partial charge in [0, 0.05) is 18.7 Å². The lowest BCUT2D eigenvalue weighted by atomic mass is 9.91. The molecule has 0 spiro atoms. The molecule has 1 saturated heterocycles. The lowest BCUT2D eigenvalue weighted by molar-refractivity contribution is -0.132. The van der Waals surface area contributed by atoms with Crippen molar-refractivity contribution in [2.75, 3.05) is 13.1 Å². The number of hydrogen-bond donors (Lipinski definition) is 1. The van der Waals surface area contributed by atoms with Crippen molar-refractivity contribution in [3.05, 3.63) is 65.5 Å². The Hall–Kier alpha value is -2.36. The van der Waals surface area contributed by atoms with Crippen LogP contribution in [0.1, 0.15) is 30.4 Å². The van der Waals surface area contributed by atoms with E-state index in [4.69, 9.17) is 0 Å². The fourth-order valence-electron chi connectivity index (χ4n) is 3.48. The summed E-state index contributed by atoms with van der Waals surface area (Å²) in [6, 6.07) is 13.7. The van der Waals surface area contributed by atoms with E-state index in [1.807, 2.05) is 23.1 Å². The molecule has 25 heavy (non-hydrogen) atoms. The molecule has 0 saturated carbocycles. The Kier molecular flexibility index (Phi) is 5.69. The third-order valence-electron chi connectivity index (χ3n) is 4.96. The van der Waals surface area contributed by atoms with E-state index >= 15 is 0 Å². The summed E-state index contributed by atoms with van der Waals surface area (Å²) < 4.78 is 13.0. The highest BCUT2D eigenvalue weighted by molar-refractivity contribution is 5.79. The monoisotopic (exact) mass is 341 g/mol. The van der Waals surface area contributed by atoms with Gasteiger partial charge in [-0.15, -0.1) is 0 Å². The molecular formula is C21H24FNO2. The molecular weight excluding hydrogens is 317 g/mol. The SMILES string of the molecule is O=C(Cc1ccccc1O)N1CCC[C@@H](CCc2ccc(F)cc2)C1. The minimum Gasteiger partial charge on any atom is -0.508 e. The number of hydrogen-bond acceptors (Lipinski definition) is 2. The van der Waals surface area contributed by atoms with Crippen LogP contribution < -0.4 is 0 Å². The van der Waals surface area contributed by atoms with Crippen LogP contribution in [0.4, 0.5) is 4.39 Å². The van der Waals surface area contributed by atoms with Gasteiger partial charge in [0.25, 0.3) is 0 Å². The van der Waals surface area contributed by atoms with Crippen LogP contribution in [0.5, 0.6) is 5.75 Å². The van der Waals surface area contributed by atoms with Gasteiger partial charge in [-0.1, -0.05) is 30.3 Å². The molecule has 4 heteroatoms. The lowest BCUT2D eigenvalue weighted by Crippen LogP contribution is -2.40. The highest BCUT2D eigenvalue weighted by atomic mass is 19.1. The van der Waals surface area contributed by atoms with Crippen LogP contribution in [-0.4, -0.2) is 29.0 Å². The lowest BCUT2D eigenvalue weighted by Gasteiger charge is -2.33. The summed E-state index contributed by atoms with van der Waals surface area (Å²) in [5.41, 5.74) is 1.82. The van der Waals surface area contributed by atoms with Gasteiger partial charge in [0.05, 0.1) is 6.42 Å². The Balaban J connectivity index is 1.52. The van der Waals surface area contributed by atoms with Gasteiger partial charge >= 0.3 is 0 Å². The molecule has 1 aliphatic heterocycles. The Labute approximate surface area is 148 Å². The summed E-state index contributed by atoms with van der Waals surface area (Å²) in [7, 11) is 0. The maximum Gasteiger partial charge on any atom is 0.227 e. The summed E-state index contributed by atoms with van der Waals surface area (Å²) in [6.45, 7) is 1.56. The molecule has 2 aromatic rings. The zero-order valence-electron chi connectivity index (χ0n) is 14.3. The molecule has 1 aliphatic rings. The van der Waals surface area contributed by atoms with Crippen molar-refractivity contribution in [1.82, 2.24) is 4.90 Å². The zero-order valence-corrected chi connectivity index (χ0v) is 14.3. The maximum absolute atomic E-state index is 13.0. The molecule has 0 aromatic heterocycles. The topological polar surface area (TPSA) is 40.5 Å². The minimum atomic E-state index is -0.206. The summed E-state index contributed by atoms with van der Waals surface area (Å²) >= 11 is 0. The number of benzene rings is 2. The molecule has 1 heterocycles. The number of aromatic hydroxyl groups is 1. The number of aryl methyl sites for hydroxylation is 1. The zero-order chi connectivity index (χ0) is 17.6. The van der Waals surface area contributed by atoms with Crippen LogP contribution in [0.25, 0.3) is 0 Å². The number of halogens is 1. The first-order chi connectivity index (χ1) is 12.1. The number of carbonyl (C=O) groups excluding carboxylic acids is 1. The van der Waals surface area contributed by atoms with E-state index in [0.717, 1.165) is 44.3 Å². The molecule has 3 nitrogen and oxygen atoms in total. The van der Waals surface area contributed by atoms with E-state index in [9.17, 15) is 14.3 Å². The van der Waals surface area contributed by atoms with Gasteiger partial charge in [-0.2, -0.15) is 0 Å². The normalized spacial score (nSPS) is 17.5. The van der Waals surface area contributed by atoms with Gasteiger partial charge in [0.1, 0.15) is 11.6 Å². The Bertz CT molecular complexity index is 714. The Morgan fingerprint density at radius 1 is 1.16 bits per heavy atom. The smallest absolute Gasteiger partial charge is 0.227 e. The number of likely N-dealkylation sites (tertiary alicyclic amines) is 1. The second-order valence-corrected chi connectivity index (χ2v) is 6.82. The van der Waals surface area contributed by atoms with Crippen molar-refractivity contribution in [3.8, 4) is 5.75 Å². The van der Waals surface area contributed by atoms with Crippen molar-refractivity contribution in [3.63, 3.8) is 0 Å². The summed E-state index contributed by atoms with van der Waals surface area (Å²) in [4.78, 5) is 14.5. The van der Waals surface area contributed by atoms with Crippen molar-refractivity contribution in [1.29, 1.82) is 0 Å². The average Bonchev–Trinajstić information content (AvgIpc) is 2.63. The van der Waals surface area contributed by atoms with E-state index in [0.29, 0.717) is 11.5 Å². The molecule has 1 N–H and O–H groups in total. The minimum absolute atomic E-state index is 0.0768. The van der Waals surface area contributed by atoms with Crippen LogP contribution in [0, 0.1) is 11.7 Å². The van der Waals surface area contributed by atoms with Crippen molar-refractivity contribution < 1.29 is 14.3 Å². The molecule has 132 valence electrons. The largest absolute Gasteiger partial charge is 0.508 e. The predicted octanol–water partition coefficient (Wildman–Crippen LogP) is 3.95. The van der Waals surface area contributed by atoms with Crippen molar-refractivity contribution in [2.45, 2.75) is 32.1 Å². The van der Waals surface area contributed by atoms with E-state index in [2.05, 4.69) is 0 Å². The van der Waals surface area contributed by atoms with Crippen LogP contribution in [-0.2, 0) is 17.6 Å². The molecule has 1 fully saturated rings. The summed E-state index contributed by atoms with van der Waals surface area (Å²) in [6.07, 6.45) is 4.30. The highest BCUT2D eigenvalue weighted by Crippen LogP contribution is 2.23. The number of phenolic OH excluding ortho intramolecular Hbond substituents is 1. The van der Waals surface area contributed by atoms with Gasteiger partial charge in [-0.3, -0.25) is 4.79 Å². The number of amides is 1. The van der Waals surface area contributed by atoms with Gasteiger partial charge in [0.2, 0.25) is 5.91 Å². The van der Waals surface area contributed by atoms with Crippen molar-refractivity contribution in [2.24, 2.45) is 5.92 Å². The fraction of sp³-hybridized carbons (Fsp3) is 0.381. The third-order valence-corrected chi connectivity index (χ3v) is 4.96. The van der Waals surface area contributed by atoms with E-state index in [-0.39, 0.29) is 23.9 Å². The Morgan fingerprint density at radius 3 is 2.68 bits per heavy atom. The number of rotatable bonds is 5. The molecule has 0 unspecified atom stereocenters. The second kappa shape index (κ2) is 8.15. The maximum atomic E-state index is 13.0. The molecule has 3 rings (SSSR count). The molecule has 1 amide bonds. The quantitative estimate of drug-likeness (QED) is 0.895. The number of phenols is 1. The number of nitrogens with zero attached hydrogens (tertiary/aromatic N) is 1. The van der Waals surface area contributed by atoms with Crippen LogP contribution >= 0.6 is 0 Å². The Morgan fingerprint density at radius 2 is 1.92 bits per heavy atom. The van der Waals surface area contributed by atoms with Crippen LogP contribution in [0.3, 0.4) is 0 Å². The van der Waals surface area contributed by atoms with Gasteiger partial charge < -0.3 is 10.0 Å². The first-order valence-electron chi connectivity index (χ1n) is 8.91. The van der Waals surface area contributed by atoms with Gasteiger partial charge in [-0.25, -0.2) is 4.39 Å². The second-order valence-electron chi connectivity index (χ2n) is 6.82. The number of piperidine rings is 1. The first-order valence-corrected chi connectivity index (χ1v) is 8.91. The van der Waals surface area contributed by atoms with E-state index in [1.165, 1.54) is 12.1 Å². The standard InChI is InChI=1S/C21H24FNO2/c22-19-11-9-16(10-12-19)7-8-17-4-3-13-23(15-17)21(25)14-18-5-1-2-6-20(18)24/h1-2,5-6,9-12,17,24H,3-4,7-8,13-15H2/t17-/m0/s1. The third kappa shape index (κ3) is 4.81. The van der Waals surface area contributed by atoms with Gasteiger partial charge in [-0.05, 0) is 55.4 Å². The molecule has 0 aliphatic carbocycles. The fourth-order valence-corrected chi connectivity index (χ4v) is 3.48. The molecule has 0 radical (unpaired) electrons. The molecule has 2 aromatic carbocycles. The number of para-hydroxylation sites is 1. The van der Waals surface area contributed by atoms with Crippen LogP contribution in [0.2, 0.25) is 0 Å². The molecule has 0 bridgehead atoms. The summed E-state index contributed by atoms with van der Waals surface area (Å²) in [5, 5.41) is 9.84. The first kappa shape index (κ1) is 17.5. The van der Waals surface area contributed by atoms with Crippen LogP contribution in [0.15, 0.2) is 48.5 Å². The van der Waals surface area contributed by atoms with E-state index in [1.54, 1.807) is 18.2 Å². The predicted molar refractivity (Wildman–Crippen MR) is 95.8 cm³/mol. The highest BCUT2D eigenvalue weighted by Gasteiger charge is 2.24. The average molecular weight is 341 g/mol. The summed E-state index contributed by atoms with van der Waals surface area (Å²) in [5.74, 6) is 0.531.